The Labute approximate surface area is 64.7 Å². The molecule has 0 saturated heterocycles. The van der Waals surface area contributed by atoms with E-state index in [1.54, 1.807) is 5.57 Å². The zero-order chi connectivity index (χ0) is 7.98. The first-order valence-electron chi connectivity index (χ1n) is 3.99. The van der Waals surface area contributed by atoms with Crippen LogP contribution in [0.5, 0.6) is 0 Å². The van der Waals surface area contributed by atoms with Gasteiger partial charge in [-0.25, -0.2) is 0 Å². The second-order valence-corrected chi connectivity index (χ2v) is 2.85. The van der Waals surface area contributed by atoms with Crippen LogP contribution in [0.15, 0.2) is 11.6 Å². The molecule has 60 valence electrons. The molecule has 0 spiro atoms. The quantitative estimate of drug-likeness (QED) is 0.543. The number of hydrogen-bond donors (Lipinski definition) is 0. The maximum atomic E-state index is 2.23. The molecular weight excluding hydrogens is 122 g/mol. The van der Waals surface area contributed by atoms with Gasteiger partial charge in [0.05, 0.1) is 0 Å². The summed E-state index contributed by atoms with van der Waals surface area (Å²) in [6, 6.07) is 0. The van der Waals surface area contributed by atoms with E-state index in [1.165, 1.54) is 19.4 Å². The summed E-state index contributed by atoms with van der Waals surface area (Å²) in [6.07, 6.45) is 4.65. The maximum Gasteiger partial charge on any atom is 0.00125 e. The predicted molar refractivity (Wildman–Crippen MR) is 47.2 cm³/mol. The van der Waals surface area contributed by atoms with Gasteiger partial charge in [-0.2, -0.15) is 0 Å². The van der Waals surface area contributed by atoms with E-state index < -0.39 is 0 Å². The van der Waals surface area contributed by atoms with Gasteiger partial charge in [-0.05, 0) is 33.9 Å². The zero-order valence-corrected chi connectivity index (χ0v) is 7.65. The summed E-state index contributed by atoms with van der Waals surface area (Å²) in [5.41, 5.74) is 1.56. The summed E-state index contributed by atoms with van der Waals surface area (Å²) in [5, 5.41) is 0. The van der Waals surface area contributed by atoms with Crippen LogP contribution < -0.4 is 0 Å². The molecule has 0 rings (SSSR count). The summed E-state index contributed by atoms with van der Waals surface area (Å²) in [7, 11) is 4.23. The maximum absolute atomic E-state index is 2.23. The minimum Gasteiger partial charge on any atom is -0.309 e. The highest BCUT2D eigenvalue weighted by Gasteiger charge is 1.93. The van der Waals surface area contributed by atoms with E-state index in [4.69, 9.17) is 0 Å². The molecule has 0 radical (unpaired) electrons. The number of allylic oxidation sites excluding steroid dienone is 1. The Balaban J connectivity index is 3.46. The SMILES string of the molecule is C/C=C(\CC)CCN(C)C. The molecule has 0 unspecified atom stereocenters. The van der Waals surface area contributed by atoms with Gasteiger partial charge in [0.1, 0.15) is 0 Å². The molecule has 0 aliphatic rings. The Morgan fingerprint density at radius 1 is 1.40 bits per heavy atom. The van der Waals surface area contributed by atoms with Crippen molar-refractivity contribution in [3.8, 4) is 0 Å². The van der Waals surface area contributed by atoms with Gasteiger partial charge < -0.3 is 4.90 Å². The largest absolute Gasteiger partial charge is 0.309 e. The van der Waals surface area contributed by atoms with E-state index in [-0.39, 0.29) is 0 Å². The van der Waals surface area contributed by atoms with Gasteiger partial charge in [0, 0.05) is 6.54 Å². The van der Waals surface area contributed by atoms with Gasteiger partial charge in [0.25, 0.3) is 0 Å². The van der Waals surface area contributed by atoms with Crippen molar-refractivity contribution in [1.82, 2.24) is 4.90 Å². The second kappa shape index (κ2) is 5.48. The third-order valence-corrected chi connectivity index (χ3v) is 1.74. The van der Waals surface area contributed by atoms with Crippen LogP contribution in [0.25, 0.3) is 0 Å². The lowest BCUT2D eigenvalue weighted by Crippen LogP contribution is -2.13. The molecule has 0 saturated carbocycles. The second-order valence-electron chi connectivity index (χ2n) is 2.85. The van der Waals surface area contributed by atoms with Crippen molar-refractivity contribution >= 4 is 0 Å². The highest BCUT2D eigenvalue weighted by molar-refractivity contribution is 4.99. The van der Waals surface area contributed by atoms with Gasteiger partial charge in [-0.3, -0.25) is 0 Å². The van der Waals surface area contributed by atoms with Crippen molar-refractivity contribution in [1.29, 1.82) is 0 Å². The van der Waals surface area contributed by atoms with Crippen LogP contribution in [0, 0.1) is 0 Å². The molecule has 0 aliphatic carbocycles. The Morgan fingerprint density at radius 2 is 2.00 bits per heavy atom. The lowest BCUT2D eigenvalue weighted by molar-refractivity contribution is 0.411. The molecule has 0 N–H and O–H groups in total. The fourth-order valence-electron chi connectivity index (χ4n) is 0.892. The Bertz CT molecular complexity index is 103. The number of nitrogens with zero attached hydrogens (tertiary/aromatic N) is 1. The van der Waals surface area contributed by atoms with Crippen LogP contribution in [0.1, 0.15) is 26.7 Å². The molecule has 0 fully saturated rings. The fraction of sp³-hybridized carbons (Fsp3) is 0.778. The van der Waals surface area contributed by atoms with Crippen molar-refractivity contribution in [3.05, 3.63) is 11.6 Å². The zero-order valence-electron chi connectivity index (χ0n) is 7.65. The van der Waals surface area contributed by atoms with E-state index in [2.05, 4.69) is 38.9 Å². The standard InChI is InChI=1S/C9H19N/c1-5-9(6-2)7-8-10(3)4/h5H,6-8H2,1-4H3/b9-5+. The van der Waals surface area contributed by atoms with E-state index in [0.29, 0.717) is 0 Å². The number of rotatable bonds is 4. The van der Waals surface area contributed by atoms with Crippen LogP contribution in [-0.2, 0) is 0 Å². The third-order valence-electron chi connectivity index (χ3n) is 1.74. The summed E-state index contributed by atoms with van der Waals surface area (Å²) >= 11 is 0. The molecule has 0 atom stereocenters. The smallest absolute Gasteiger partial charge is 0.00125 e. The molecule has 0 aromatic rings. The van der Waals surface area contributed by atoms with Crippen molar-refractivity contribution in [2.45, 2.75) is 26.7 Å². The van der Waals surface area contributed by atoms with Gasteiger partial charge in [0.15, 0.2) is 0 Å². The van der Waals surface area contributed by atoms with Crippen LogP contribution in [0.3, 0.4) is 0 Å². The van der Waals surface area contributed by atoms with Crippen molar-refractivity contribution in [2.75, 3.05) is 20.6 Å². The van der Waals surface area contributed by atoms with Crippen molar-refractivity contribution < 1.29 is 0 Å². The summed E-state index contributed by atoms with van der Waals surface area (Å²) < 4.78 is 0. The van der Waals surface area contributed by atoms with Crippen LogP contribution in [0.2, 0.25) is 0 Å². The van der Waals surface area contributed by atoms with E-state index in [0.717, 1.165) is 0 Å². The predicted octanol–water partition coefficient (Wildman–Crippen LogP) is 2.29. The highest BCUT2D eigenvalue weighted by atomic mass is 15.0. The van der Waals surface area contributed by atoms with Crippen molar-refractivity contribution in [2.24, 2.45) is 0 Å². The molecular formula is C9H19N. The average molecular weight is 141 g/mol. The minimum atomic E-state index is 1.17. The molecule has 0 heterocycles. The first kappa shape index (κ1) is 9.70. The molecule has 1 nitrogen and oxygen atoms in total. The van der Waals surface area contributed by atoms with E-state index >= 15 is 0 Å². The summed E-state index contributed by atoms with van der Waals surface area (Å²) in [5.74, 6) is 0. The van der Waals surface area contributed by atoms with Crippen molar-refractivity contribution in [3.63, 3.8) is 0 Å². The van der Waals surface area contributed by atoms with Gasteiger partial charge in [-0.1, -0.05) is 18.6 Å². The van der Waals surface area contributed by atoms with Crippen LogP contribution in [0.4, 0.5) is 0 Å². The topological polar surface area (TPSA) is 3.24 Å². The summed E-state index contributed by atoms with van der Waals surface area (Å²) in [4.78, 5) is 2.22. The number of hydrogen-bond acceptors (Lipinski definition) is 1. The van der Waals surface area contributed by atoms with Gasteiger partial charge in [-0.15, -0.1) is 0 Å². The molecule has 0 aromatic carbocycles. The third kappa shape index (κ3) is 4.57. The average Bonchev–Trinajstić information content (AvgIpc) is 1.90. The lowest BCUT2D eigenvalue weighted by Gasteiger charge is -2.09. The first-order chi connectivity index (χ1) is 4.70. The lowest BCUT2D eigenvalue weighted by atomic mass is 10.1. The normalized spacial score (nSPS) is 12.7. The highest BCUT2D eigenvalue weighted by Crippen LogP contribution is 2.05. The monoisotopic (exact) mass is 141 g/mol. The molecule has 0 aromatic heterocycles. The molecule has 10 heavy (non-hydrogen) atoms. The molecule has 0 amide bonds. The first-order valence-corrected chi connectivity index (χ1v) is 3.99. The minimum absolute atomic E-state index is 1.17. The molecule has 1 heteroatoms. The van der Waals surface area contributed by atoms with Gasteiger partial charge >= 0.3 is 0 Å². The van der Waals surface area contributed by atoms with E-state index in [9.17, 15) is 0 Å². The Hall–Kier alpha value is -0.300. The molecule has 0 bridgehead atoms. The Kier molecular flexibility index (Phi) is 5.32. The summed E-state index contributed by atoms with van der Waals surface area (Å²) in [6.45, 7) is 5.51. The Morgan fingerprint density at radius 3 is 2.30 bits per heavy atom. The van der Waals surface area contributed by atoms with E-state index in [1.807, 2.05) is 0 Å². The molecule has 0 aliphatic heterocycles. The van der Waals surface area contributed by atoms with Crippen LogP contribution in [-0.4, -0.2) is 25.5 Å². The fourth-order valence-corrected chi connectivity index (χ4v) is 0.892. The van der Waals surface area contributed by atoms with Gasteiger partial charge in [0.2, 0.25) is 0 Å². The van der Waals surface area contributed by atoms with Crippen LogP contribution >= 0.6 is 0 Å².